The maximum Gasteiger partial charge on any atom is 0.419 e. The summed E-state index contributed by atoms with van der Waals surface area (Å²) in [5, 5.41) is 4.41. The molecule has 0 aliphatic heterocycles. The highest BCUT2D eigenvalue weighted by Crippen LogP contribution is 2.23. The number of nitrogens with zero attached hydrogens (tertiary/aromatic N) is 1. The molecular formula is C18H17N3O6S. The number of fused-ring (bicyclic) bond motifs is 1. The number of hydrogen-bond acceptors (Lipinski definition) is 7. The van der Waals surface area contributed by atoms with Crippen LogP contribution in [0.5, 0.6) is 0 Å². The minimum atomic E-state index is -1.09. The van der Waals surface area contributed by atoms with E-state index in [2.05, 4.69) is 5.32 Å². The molecule has 2 aromatic heterocycles. The average Bonchev–Trinajstić information content (AvgIpc) is 3.23. The molecule has 0 unspecified atom stereocenters. The molecule has 0 saturated heterocycles. The van der Waals surface area contributed by atoms with Crippen LogP contribution in [0.15, 0.2) is 44.9 Å². The van der Waals surface area contributed by atoms with E-state index >= 15 is 0 Å². The minimum Gasteiger partial charge on any atom is -0.452 e. The fraction of sp³-hybridized carbons (Fsp3) is 0.222. The van der Waals surface area contributed by atoms with Crippen LogP contribution in [0.3, 0.4) is 0 Å². The van der Waals surface area contributed by atoms with Crippen LogP contribution in [0.1, 0.15) is 23.7 Å². The van der Waals surface area contributed by atoms with Crippen molar-refractivity contribution in [2.45, 2.75) is 26.0 Å². The molecule has 0 aliphatic rings. The topological polar surface area (TPSA) is 134 Å². The lowest BCUT2D eigenvalue weighted by Gasteiger charge is -2.13. The molecule has 3 aromatic rings. The second kappa shape index (κ2) is 8.09. The summed E-state index contributed by atoms with van der Waals surface area (Å²) < 4.78 is 11.5. The molecule has 2 heterocycles. The van der Waals surface area contributed by atoms with Crippen LogP contribution in [0.2, 0.25) is 0 Å². The number of carbonyl (C=O) groups is 3. The Hall–Kier alpha value is -3.40. The molecule has 10 heteroatoms. The van der Waals surface area contributed by atoms with Crippen molar-refractivity contribution in [2.24, 2.45) is 5.73 Å². The van der Waals surface area contributed by atoms with E-state index in [0.717, 1.165) is 11.3 Å². The molecule has 0 radical (unpaired) electrons. The molecule has 1 atom stereocenters. The summed E-state index contributed by atoms with van der Waals surface area (Å²) in [6.45, 7) is 1.46. The highest BCUT2D eigenvalue weighted by molar-refractivity contribution is 7.14. The normalized spacial score (nSPS) is 11.9. The van der Waals surface area contributed by atoms with Crippen molar-refractivity contribution in [3.8, 4) is 0 Å². The van der Waals surface area contributed by atoms with Gasteiger partial charge in [-0.25, -0.2) is 4.79 Å². The van der Waals surface area contributed by atoms with Crippen LogP contribution in [-0.4, -0.2) is 28.5 Å². The van der Waals surface area contributed by atoms with Crippen molar-refractivity contribution in [1.29, 1.82) is 0 Å². The number of esters is 1. The van der Waals surface area contributed by atoms with Crippen LogP contribution in [0.4, 0.5) is 5.00 Å². The molecule has 0 bridgehead atoms. The fourth-order valence-electron chi connectivity index (χ4n) is 2.55. The first-order valence-corrected chi connectivity index (χ1v) is 9.21. The number of thiophene rings is 1. The number of ether oxygens (including phenoxy) is 1. The number of benzene rings is 1. The van der Waals surface area contributed by atoms with Gasteiger partial charge in [-0.05, 0) is 30.5 Å². The highest BCUT2D eigenvalue weighted by Gasteiger charge is 2.21. The fourth-order valence-corrected chi connectivity index (χ4v) is 3.35. The van der Waals surface area contributed by atoms with Gasteiger partial charge in [0.05, 0.1) is 17.5 Å². The number of hydrogen-bond donors (Lipinski definition) is 2. The molecule has 0 saturated carbocycles. The third-order valence-electron chi connectivity index (χ3n) is 3.96. The maximum atomic E-state index is 12.2. The molecule has 3 N–H and O–H groups in total. The van der Waals surface area contributed by atoms with Gasteiger partial charge in [0.2, 0.25) is 0 Å². The Kier molecular flexibility index (Phi) is 5.59. The van der Waals surface area contributed by atoms with Crippen molar-refractivity contribution >= 4 is 45.2 Å². The summed E-state index contributed by atoms with van der Waals surface area (Å²) in [7, 11) is 0. The molecular weight excluding hydrogens is 386 g/mol. The zero-order chi connectivity index (χ0) is 20.3. The Morgan fingerprint density at radius 3 is 2.79 bits per heavy atom. The summed E-state index contributed by atoms with van der Waals surface area (Å²) in [4.78, 5) is 47.4. The number of nitrogens with one attached hydrogen (secondary N) is 1. The summed E-state index contributed by atoms with van der Waals surface area (Å²) in [6, 6.07) is 8.35. The first kappa shape index (κ1) is 19.4. The molecule has 0 aliphatic carbocycles. The summed E-state index contributed by atoms with van der Waals surface area (Å²) >= 11 is 1.13. The number of carbonyl (C=O) groups excluding carboxylic acids is 3. The Balaban J connectivity index is 1.57. The SMILES string of the molecule is C[C@H](OC(=O)CCn1c(=O)oc2ccccc21)C(=O)Nc1sccc1C(N)=O. The van der Waals surface area contributed by atoms with E-state index in [1.165, 1.54) is 17.6 Å². The van der Waals surface area contributed by atoms with Crippen LogP contribution in [0, 0.1) is 0 Å². The molecule has 1 aromatic carbocycles. The van der Waals surface area contributed by atoms with E-state index < -0.39 is 29.6 Å². The predicted octanol–water partition coefficient (Wildman–Crippen LogP) is 1.72. The number of rotatable bonds is 7. The Morgan fingerprint density at radius 1 is 1.29 bits per heavy atom. The van der Waals surface area contributed by atoms with Crippen molar-refractivity contribution in [1.82, 2.24) is 4.57 Å². The zero-order valence-corrected chi connectivity index (χ0v) is 15.7. The number of aryl methyl sites for hydroxylation is 1. The van der Waals surface area contributed by atoms with Crippen LogP contribution in [-0.2, 0) is 20.9 Å². The van der Waals surface area contributed by atoms with Crippen LogP contribution >= 0.6 is 11.3 Å². The average molecular weight is 403 g/mol. The van der Waals surface area contributed by atoms with Gasteiger partial charge in [0.25, 0.3) is 11.8 Å². The number of oxazole rings is 1. The number of primary amides is 1. The quantitative estimate of drug-likeness (QED) is 0.577. The summed E-state index contributed by atoms with van der Waals surface area (Å²) in [6.07, 6.45) is -1.21. The van der Waals surface area contributed by atoms with Gasteiger partial charge in [-0.2, -0.15) is 0 Å². The highest BCUT2D eigenvalue weighted by atomic mass is 32.1. The number of aromatic nitrogens is 1. The Morgan fingerprint density at radius 2 is 2.04 bits per heavy atom. The van der Waals surface area contributed by atoms with Crippen molar-refractivity contribution < 1.29 is 23.5 Å². The van der Waals surface area contributed by atoms with Crippen LogP contribution < -0.4 is 16.8 Å². The second-order valence-corrected chi connectivity index (χ2v) is 6.80. The summed E-state index contributed by atoms with van der Waals surface area (Å²) in [5.41, 5.74) is 6.41. The lowest BCUT2D eigenvalue weighted by molar-refractivity contribution is -0.153. The smallest absolute Gasteiger partial charge is 0.419 e. The van der Waals surface area contributed by atoms with Crippen LogP contribution in [0.25, 0.3) is 11.1 Å². The van der Waals surface area contributed by atoms with E-state index in [1.54, 1.807) is 29.6 Å². The third-order valence-corrected chi connectivity index (χ3v) is 4.79. The van der Waals surface area contributed by atoms with Gasteiger partial charge in [-0.15, -0.1) is 11.3 Å². The second-order valence-electron chi connectivity index (χ2n) is 5.89. The van der Waals surface area contributed by atoms with E-state index in [0.29, 0.717) is 11.1 Å². The van der Waals surface area contributed by atoms with E-state index in [4.69, 9.17) is 14.9 Å². The molecule has 2 amide bonds. The van der Waals surface area contributed by atoms with Gasteiger partial charge < -0.3 is 20.2 Å². The minimum absolute atomic E-state index is 0.0553. The van der Waals surface area contributed by atoms with Gasteiger partial charge in [0.15, 0.2) is 11.7 Å². The van der Waals surface area contributed by atoms with E-state index in [1.807, 2.05) is 0 Å². The number of anilines is 1. The standard InChI is InChI=1S/C18H17N3O6S/c1-10(16(24)20-17-11(15(19)23)7-9-28-17)26-14(22)6-8-21-12-4-2-3-5-13(12)27-18(21)25/h2-5,7,9-10H,6,8H2,1H3,(H2,19,23)(H,20,24)/t10-/m0/s1. The Labute approximate surface area is 162 Å². The van der Waals surface area contributed by atoms with Gasteiger partial charge in [0.1, 0.15) is 5.00 Å². The molecule has 28 heavy (non-hydrogen) atoms. The number of para-hydroxylation sites is 2. The summed E-state index contributed by atoms with van der Waals surface area (Å²) in [5.74, 6) is -2.49. The first-order valence-electron chi connectivity index (χ1n) is 8.33. The van der Waals surface area contributed by atoms with Gasteiger partial charge in [-0.1, -0.05) is 12.1 Å². The first-order chi connectivity index (χ1) is 13.4. The zero-order valence-electron chi connectivity index (χ0n) is 14.8. The lowest BCUT2D eigenvalue weighted by atomic mass is 10.3. The molecule has 146 valence electrons. The van der Waals surface area contributed by atoms with Gasteiger partial charge in [0, 0.05) is 6.54 Å². The third kappa shape index (κ3) is 4.12. The van der Waals surface area contributed by atoms with Crippen molar-refractivity contribution in [3.05, 3.63) is 51.8 Å². The largest absolute Gasteiger partial charge is 0.452 e. The number of nitrogens with two attached hydrogens (primary N) is 1. The monoisotopic (exact) mass is 403 g/mol. The van der Waals surface area contributed by atoms with Crippen molar-refractivity contribution in [2.75, 3.05) is 5.32 Å². The molecule has 9 nitrogen and oxygen atoms in total. The Bertz CT molecular complexity index is 1100. The van der Waals surface area contributed by atoms with Gasteiger partial charge >= 0.3 is 11.7 Å². The van der Waals surface area contributed by atoms with E-state index in [-0.39, 0.29) is 23.5 Å². The van der Waals surface area contributed by atoms with E-state index in [9.17, 15) is 19.2 Å². The number of amides is 2. The lowest BCUT2D eigenvalue weighted by Crippen LogP contribution is -2.31. The van der Waals surface area contributed by atoms with Gasteiger partial charge in [-0.3, -0.25) is 19.0 Å². The predicted molar refractivity (Wildman–Crippen MR) is 102 cm³/mol. The molecule has 0 fully saturated rings. The maximum absolute atomic E-state index is 12.2. The van der Waals surface area contributed by atoms with Crippen molar-refractivity contribution in [3.63, 3.8) is 0 Å². The molecule has 3 rings (SSSR count). The molecule has 0 spiro atoms.